The van der Waals surface area contributed by atoms with E-state index in [0.29, 0.717) is 6.42 Å². The number of nitrogens with zero attached hydrogens (tertiary/aromatic N) is 1. The van der Waals surface area contributed by atoms with E-state index in [9.17, 15) is 4.57 Å². The molecule has 0 aliphatic carbocycles. The molecular weight excluding hydrogens is 504 g/mol. The molecule has 0 fully saturated rings. The Hall–Kier alpha value is -0.636. The van der Waals surface area contributed by atoms with Crippen LogP contribution in [0.3, 0.4) is 0 Å². The molecule has 0 saturated heterocycles. The smallest absolute Gasteiger partial charge is 0.375 e. The van der Waals surface area contributed by atoms with Crippen molar-refractivity contribution in [2.24, 2.45) is 0 Å². The number of pyridine rings is 1. The van der Waals surface area contributed by atoms with Crippen molar-refractivity contribution in [3.63, 3.8) is 0 Å². The van der Waals surface area contributed by atoms with Crippen LogP contribution in [0.4, 0.5) is 0 Å². The van der Waals surface area contributed by atoms with E-state index < -0.39 is 36.7 Å². The summed E-state index contributed by atoms with van der Waals surface area (Å²) in [5.41, 5.74) is 0.955. The van der Waals surface area contributed by atoms with Gasteiger partial charge in [-0.25, -0.2) is 0 Å². The van der Waals surface area contributed by atoms with Gasteiger partial charge in [-0.2, -0.15) is 0 Å². The van der Waals surface area contributed by atoms with Crippen LogP contribution in [0.5, 0.6) is 0 Å². The van der Waals surface area contributed by atoms with Gasteiger partial charge in [0.2, 0.25) is 7.37 Å². The fourth-order valence-corrected chi connectivity index (χ4v) is 16.5. The highest BCUT2D eigenvalue weighted by molar-refractivity contribution is 7.77. The predicted molar refractivity (Wildman–Crippen MR) is 147 cm³/mol. The van der Waals surface area contributed by atoms with E-state index in [1.165, 1.54) is 0 Å². The summed E-state index contributed by atoms with van der Waals surface area (Å²) in [6.07, 6.45) is 10.9. The van der Waals surface area contributed by atoms with Crippen LogP contribution in [0.2, 0.25) is 39.3 Å². The molecule has 0 spiro atoms. The second-order valence-electron chi connectivity index (χ2n) is 9.80. The van der Waals surface area contributed by atoms with Gasteiger partial charge in [0.25, 0.3) is 5.08 Å². The van der Waals surface area contributed by atoms with Crippen LogP contribution in [0, 0.1) is 0 Å². The van der Waals surface area contributed by atoms with E-state index in [1.807, 2.05) is 64.4 Å². The minimum atomic E-state index is -4.11. The summed E-state index contributed by atoms with van der Waals surface area (Å²) in [7, 11) is -12.8. The fraction of sp³-hybridized carbons (Fsp3) is 0.609. The minimum Gasteiger partial charge on any atom is -0.391 e. The van der Waals surface area contributed by atoms with E-state index >= 15 is 4.57 Å². The molecule has 1 aromatic heterocycles. The van der Waals surface area contributed by atoms with Crippen molar-refractivity contribution in [2.75, 3.05) is 19.4 Å². The molecule has 0 saturated carbocycles. The van der Waals surface area contributed by atoms with Gasteiger partial charge in [-0.3, -0.25) is 14.1 Å². The van der Waals surface area contributed by atoms with E-state index in [0.717, 1.165) is 5.56 Å². The summed E-state index contributed by atoms with van der Waals surface area (Å²) >= 11 is 0. The third-order valence-electron chi connectivity index (χ3n) is 4.42. The van der Waals surface area contributed by atoms with Crippen molar-refractivity contribution in [1.29, 1.82) is 0 Å². The van der Waals surface area contributed by atoms with Crippen LogP contribution in [0.15, 0.2) is 48.8 Å². The molecule has 1 heterocycles. The molecule has 1 rings (SSSR count). The van der Waals surface area contributed by atoms with Crippen molar-refractivity contribution >= 4 is 31.6 Å². The molecule has 1 aromatic rings. The number of aryl methyl sites for hydroxylation is 1. The van der Waals surface area contributed by atoms with Crippen molar-refractivity contribution in [3.8, 4) is 0 Å². The molecule has 11 heteroatoms. The first-order valence-corrected chi connectivity index (χ1v) is 21.9. The fourth-order valence-electron chi connectivity index (χ4n) is 3.40. The predicted octanol–water partition coefficient (Wildman–Crippen LogP) is 7.66. The van der Waals surface area contributed by atoms with Crippen LogP contribution in [-0.2, 0) is 33.2 Å². The Balaban J connectivity index is 3.95. The zero-order valence-electron chi connectivity index (χ0n) is 22.2. The largest absolute Gasteiger partial charge is 0.391 e. The van der Waals surface area contributed by atoms with Gasteiger partial charge in [-0.05, 0) is 90.2 Å². The Bertz CT molecular complexity index is 902. The molecule has 0 radical (unpaired) electrons. The maximum atomic E-state index is 15.2. The van der Waals surface area contributed by atoms with Crippen LogP contribution < -0.4 is 0 Å². The van der Waals surface area contributed by atoms with Crippen molar-refractivity contribution in [3.05, 3.63) is 54.4 Å². The number of hydrogen-bond acceptors (Lipinski definition) is 7. The summed E-state index contributed by atoms with van der Waals surface area (Å²) in [5.74, 6) is 0. The number of rotatable bonds is 15. The van der Waals surface area contributed by atoms with E-state index in [4.69, 9.17) is 17.7 Å². The van der Waals surface area contributed by atoms with Gasteiger partial charge in [0.1, 0.15) is 0 Å². The second kappa shape index (κ2) is 13.1. The number of hydrogen-bond donors (Lipinski definition) is 0. The topological polar surface area (TPSA) is 84.0 Å². The molecule has 194 valence electrons. The van der Waals surface area contributed by atoms with E-state index in [-0.39, 0.29) is 19.4 Å². The number of allylic oxidation sites excluding steroid dienone is 3. The molecule has 2 unspecified atom stereocenters. The Morgan fingerprint density at radius 1 is 0.941 bits per heavy atom. The Morgan fingerprint density at radius 2 is 1.50 bits per heavy atom. The monoisotopic (exact) mass is 547 g/mol. The minimum absolute atomic E-state index is 0.114. The van der Waals surface area contributed by atoms with Crippen LogP contribution in [-0.4, -0.2) is 46.1 Å². The molecule has 0 bridgehead atoms. The lowest BCUT2D eigenvalue weighted by Crippen LogP contribution is -2.45. The second-order valence-corrected chi connectivity index (χ2v) is 24.2. The quantitative estimate of drug-likeness (QED) is 0.127. The first-order chi connectivity index (χ1) is 15.7. The van der Waals surface area contributed by atoms with Gasteiger partial charge < -0.3 is 17.7 Å². The molecule has 34 heavy (non-hydrogen) atoms. The Kier molecular flexibility index (Phi) is 12.1. The Labute approximate surface area is 208 Å². The van der Waals surface area contributed by atoms with Gasteiger partial charge in [0.15, 0.2) is 16.6 Å². The van der Waals surface area contributed by atoms with Gasteiger partial charge in [0.05, 0.1) is 13.2 Å². The van der Waals surface area contributed by atoms with Crippen molar-refractivity contribution in [2.45, 2.75) is 71.6 Å². The normalized spacial score (nSPS) is 17.2. The first-order valence-electron chi connectivity index (χ1n) is 11.8. The highest BCUT2D eigenvalue weighted by Crippen LogP contribution is 2.79. The molecule has 7 nitrogen and oxygen atoms in total. The van der Waals surface area contributed by atoms with Crippen molar-refractivity contribution < 1.29 is 26.8 Å². The van der Waals surface area contributed by atoms with Crippen LogP contribution in [0.1, 0.15) is 26.3 Å². The first kappa shape index (κ1) is 31.4. The van der Waals surface area contributed by atoms with Crippen LogP contribution in [0.25, 0.3) is 0 Å². The van der Waals surface area contributed by atoms with E-state index in [1.54, 1.807) is 44.5 Å². The summed E-state index contributed by atoms with van der Waals surface area (Å²) in [6, 6.07) is 3.75. The summed E-state index contributed by atoms with van der Waals surface area (Å²) in [6.45, 7) is 17.4. The molecule has 0 aliphatic rings. The lowest BCUT2D eigenvalue weighted by molar-refractivity contribution is 0.150. The van der Waals surface area contributed by atoms with Gasteiger partial charge >= 0.3 is 7.60 Å². The average Bonchev–Trinajstić information content (AvgIpc) is 2.70. The average molecular weight is 548 g/mol. The maximum Gasteiger partial charge on any atom is 0.375 e. The van der Waals surface area contributed by atoms with Gasteiger partial charge in [-0.1, -0.05) is 18.2 Å². The third kappa shape index (κ3) is 8.79. The van der Waals surface area contributed by atoms with Crippen LogP contribution >= 0.6 is 15.0 Å². The lowest BCUT2D eigenvalue weighted by atomic mass is 10.2. The third-order valence-corrected chi connectivity index (χ3v) is 15.0. The SMILES string of the molecule is CC=CC=CC(O[Si](C)(C)C)(P(=O)(CCc1ccncc1)O[Si](C)(C)C)P(=O)(OCC)OCC. The standard InChI is InChI=1S/C23H43NO6P2Si2/c1-10-13-14-18-23(29-33(4,5)6,32(26,27-11-2)28-12-3)31(25,30-34(7,8)9)21-17-22-15-19-24-20-16-22/h10,13-16,18-20H,11-12,17,21H2,1-9H3. The van der Waals surface area contributed by atoms with Gasteiger partial charge in [-0.15, -0.1) is 0 Å². The Morgan fingerprint density at radius 3 is 1.94 bits per heavy atom. The molecular formula is C23H43NO6P2Si2. The van der Waals surface area contributed by atoms with Gasteiger partial charge in [0, 0.05) is 18.6 Å². The molecule has 0 aliphatic heterocycles. The molecule has 0 amide bonds. The van der Waals surface area contributed by atoms with Crippen molar-refractivity contribution in [1.82, 2.24) is 4.98 Å². The van der Waals surface area contributed by atoms with E-state index in [2.05, 4.69) is 4.98 Å². The zero-order chi connectivity index (χ0) is 26.1. The zero-order valence-corrected chi connectivity index (χ0v) is 26.0. The molecule has 0 N–H and O–H groups in total. The highest BCUT2D eigenvalue weighted by Gasteiger charge is 2.65. The summed E-state index contributed by atoms with van der Waals surface area (Å²) in [5, 5.41) is -1.87. The lowest BCUT2D eigenvalue weighted by Gasteiger charge is -2.46. The molecule has 2 atom stereocenters. The highest BCUT2D eigenvalue weighted by atomic mass is 31.2. The maximum absolute atomic E-state index is 15.2. The molecule has 0 aromatic carbocycles. The number of aromatic nitrogens is 1. The summed E-state index contributed by atoms with van der Waals surface area (Å²) < 4.78 is 54.6. The summed E-state index contributed by atoms with van der Waals surface area (Å²) in [4.78, 5) is 4.07.